The van der Waals surface area contributed by atoms with Crippen LogP contribution in [0.3, 0.4) is 0 Å². The summed E-state index contributed by atoms with van der Waals surface area (Å²) in [4.78, 5) is 0. The van der Waals surface area contributed by atoms with Gasteiger partial charge in [-0.05, 0) is 34.4 Å². The topological polar surface area (TPSA) is 9.23 Å². The molecule has 0 atom stereocenters. The standard InChI is InChI=1S/C17H16O/c1-3-7-16-15(9-6-13-18-2)12-11-14-8-4-5-10-17(14)16/h1,4-6,8,10-13H,7,9H2,2H3/b13-6+. The molecule has 90 valence electrons. The SMILES string of the molecule is C#CCc1c(C/C=C/OC)ccc2ccccc12. The first-order chi connectivity index (χ1) is 8.86. The average Bonchev–Trinajstić information content (AvgIpc) is 2.41. The number of benzene rings is 2. The van der Waals surface area contributed by atoms with Gasteiger partial charge >= 0.3 is 0 Å². The predicted octanol–water partition coefficient (Wildman–Crippen LogP) is 3.72. The van der Waals surface area contributed by atoms with Crippen LogP contribution in [0.25, 0.3) is 10.8 Å². The van der Waals surface area contributed by atoms with E-state index in [1.54, 1.807) is 13.4 Å². The summed E-state index contributed by atoms with van der Waals surface area (Å²) >= 11 is 0. The summed E-state index contributed by atoms with van der Waals surface area (Å²) in [6.07, 6.45) is 10.7. The smallest absolute Gasteiger partial charge is 0.0788 e. The fourth-order valence-corrected chi connectivity index (χ4v) is 2.15. The van der Waals surface area contributed by atoms with Gasteiger partial charge in [-0.25, -0.2) is 0 Å². The Hall–Kier alpha value is -2.20. The highest BCUT2D eigenvalue weighted by molar-refractivity contribution is 5.87. The fraction of sp³-hybridized carbons (Fsp3) is 0.176. The van der Waals surface area contributed by atoms with Gasteiger partial charge in [0.25, 0.3) is 0 Å². The van der Waals surface area contributed by atoms with Crippen molar-refractivity contribution in [3.63, 3.8) is 0 Å². The molecule has 2 rings (SSSR count). The minimum absolute atomic E-state index is 0.664. The molecule has 0 aromatic heterocycles. The van der Waals surface area contributed by atoms with Crippen molar-refractivity contribution in [3.8, 4) is 12.3 Å². The maximum atomic E-state index is 5.48. The Labute approximate surface area is 108 Å². The first kappa shape index (κ1) is 12.3. The van der Waals surface area contributed by atoms with Crippen LogP contribution in [0.2, 0.25) is 0 Å². The lowest BCUT2D eigenvalue weighted by Crippen LogP contribution is -1.94. The van der Waals surface area contributed by atoms with Crippen LogP contribution in [0.4, 0.5) is 0 Å². The second-order valence-electron chi connectivity index (χ2n) is 4.12. The van der Waals surface area contributed by atoms with Crippen molar-refractivity contribution >= 4 is 10.8 Å². The molecule has 0 unspecified atom stereocenters. The van der Waals surface area contributed by atoms with E-state index in [-0.39, 0.29) is 0 Å². The van der Waals surface area contributed by atoms with Crippen molar-refractivity contribution in [1.82, 2.24) is 0 Å². The minimum Gasteiger partial charge on any atom is -0.505 e. The van der Waals surface area contributed by atoms with Crippen molar-refractivity contribution in [2.24, 2.45) is 0 Å². The maximum Gasteiger partial charge on any atom is 0.0788 e. The Bertz CT molecular complexity index is 603. The van der Waals surface area contributed by atoms with Gasteiger partial charge in [-0.15, -0.1) is 12.3 Å². The Morgan fingerprint density at radius 1 is 1.22 bits per heavy atom. The van der Waals surface area contributed by atoms with Gasteiger partial charge in [-0.3, -0.25) is 0 Å². The van der Waals surface area contributed by atoms with E-state index in [2.05, 4.69) is 36.3 Å². The monoisotopic (exact) mass is 236 g/mol. The molecule has 0 saturated heterocycles. The third kappa shape index (κ3) is 2.55. The van der Waals surface area contributed by atoms with Crippen molar-refractivity contribution in [2.45, 2.75) is 12.8 Å². The quantitative estimate of drug-likeness (QED) is 0.580. The van der Waals surface area contributed by atoms with Crippen molar-refractivity contribution in [3.05, 3.63) is 59.9 Å². The Morgan fingerprint density at radius 3 is 2.83 bits per heavy atom. The molecular weight excluding hydrogens is 220 g/mol. The normalized spacial score (nSPS) is 10.7. The number of fused-ring (bicyclic) bond motifs is 1. The summed E-state index contributed by atoms with van der Waals surface area (Å²) in [5.41, 5.74) is 2.51. The fourth-order valence-electron chi connectivity index (χ4n) is 2.15. The maximum absolute atomic E-state index is 5.48. The van der Waals surface area contributed by atoms with Crippen molar-refractivity contribution in [1.29, 1.82) is 0 Å². The predicted molar refractivity (Wildman–Crippen MR) is 76.3 cm³/mol. The largest absolute Gasteiger partial charge is 0.505 e. The molecule has 2 aromatic rings. The second kappa shape index (κ2) is 5.93. The number of ether oxygens (including phenoxy) is 1. The van der Waals surface area contributed by atoms with Crippen molar-refractivity contribution in [2.75, 3.05) is 7.11 Å². The average molecular weight is 236 g/mol. The Morgan fingerprint density at radius 2 is 2.06 bits per heavy atom. The zero-order chi connectivity index (χ0) is 12.8. The van der Waals surface area contributed by atoms with Gasteiger partial charge in [0.2, 0.25) is 0 Å². The number of hydrogen-bond acceptors (Lipinski definition) is 1. The van der Waals surface area contributed by atoms with E-state index >= 15 is 0 Å². The molecular formula is C17H16O. The van der Waals surface area contributed by atoms with Gasteiger partial charge in [0.15, 0.2) is 0 Å². The number of rotatable bonds is 4. The summed E-state index contributed by atoms with van der Waals surface area (Å²) < 4.78 is 4.93. The van der Waals surface area contributed by atoms with Gasteiger partial charge in [-0.2, -0.15) is 0 Å². The van der Waals surface area contributed by atoms with Crippen LogP contribution in [-0.4, -0.2) is 7.11 Å². The Kier molecular flexibility index (Phi) is 4.04. The van der Waals surface area contributed by atoms with E-state index in [9.17, 15) is 0 Å². The van der Waals surface area contributed by atoms with Gasteiger partial charge in [0.05, 0.1) is 13.4 Å². The lowest BCUT2D eigenvalue weighted by atomic mass is 9.95. The highest BCUT2D eigenvalue weighted by Crippen LogP contribution is 2.23. The summed E-state index contributed by atoms with van der Waals surface area (Å²) in [7, 11) is 1.65. The van der Waals surface area contributed by atoms with Crippen LogP contribution in [-0.2, 0) is 17.6 Å². The number of terminal acetylenes is 1. The molecule has 0 fully saturated rings. The van der Waals surface area contributed by atoms with Gasteiger partial charge < -0.3 is 4.74 Å². The molecule has 0 bridgehead atoms. The third-order valence-electron chi connectivity index (χ3n) is 2.99. The number of allylic oxidation sites excluding steroid dienone is 1. The molecule has 0 aliphatic heterocycles. The molecule has 0 saturated carbocycles. The first-order valence-electron chi connectivity index (χ1n) is 5.97. The third-order valence-corrected chi connectivity index (χ3v) is 2.99. The van der Waals surface area contributed by atoms with Crippen LogP contribution in [0.15, 0.2) is 48.7 Å². The molecule has 0 N–H and O–H groups in total. The van der Waals surface area contributed by atoms with Gasteiger partial charge in [0.1, 0.15) is 0 Å². The lowest BCUT2D eigenvalue weighted by molar-refractivity contribution is 0.337. The first-order valence-corrected chi connectivity index (χ1v) is 5.97. The molecule has 0 spiro atoms. The molecule has 0 aliphatic carbocycles. The second-order valence-corrected chi connectivity index (χ2v) is 4.12. The van der Waals surface area contributed by atoms with Crippen LogP contribution in [0.5, 0.6) is 0 Å². The number of hydrogen-bond donors (Lipinski definition) is 0. The summed E-state index contributed by atoms with van der Waals surface area (Å²) in [5, 5.41) is 2.49. The van der Waals surface area contributed by atoms with E-state index in [1.165, 1.54) is 21.9 Å². The van der Waals surface area contributed by atoms with Gasteiger partial charge in [-0.1, -0.05) is 36.4 Å². The molecule has 2 aromatic carbocycles. The van der Waals surface area contributed by atoms with Crippen molar-refractivity contribution < 1.29 is 4.74 Å². The van der Waals surface area contributed by atoms with E-state index in [0.717, 1.165) is 6.42 Å². The lowest BCUT2D eigenvalue weighted by Gasteiger charge is -2.09. The highest BCUT2D eigenvalue weighted by atomic mass is 16.5. The van der Waals surface area contributed by atoms with Crippen LogP contribution < -0.4 is 0 Å². The van der Waals surface area contributed by atoms with Crippen LogP contribution in [0.1, 0.15) is 11.1 Å². The summed E-state index contributed by atoms with van der Waals surface area (Å²) in [6, 6.07) is 12.6. The zero-order valence-electron chi connectivity index (χ0n) is 10.5. The van der Waals surface area contributed by atoms with E-state index in [1.807, 2.05) is 12.1 Å². The van der Waals surface area contributed by atoms with Gasteiger partial charge in [0, 0.05) is 6.42 Å². The molecule has 0 heterocycles. The van der Waals surface area contributed by atoms with E-state index in [4.69, 9.17) is 11.2 Å². The molecule has 0 aliphatic rings. The zero-order valence-corrected chi connectivity index (χ0v) is 10.5. The minimum atomic E-state index is 0.664. The van der Waals surface area contributed by atoms with E-state index < -0.39 is 0 Å². The number of methoxy groups -OCH3 is 1. The Balaban J connectivity index is 2.49. The van der Waals surface area contributed by atoms with Crippen LogP contribution in [0, 0.1) is 12.3 Å². The summed E-state index contributed by atoms with van der Waals surface area (Å²) in [5.74, 6) is 2.75. The highest BCUT2D eigenvalue weighted by Gasteiger charge is 2.05. The summed E-state index contributed by atoms with van der Waals surface area (Å²) in [6.45, 7) is 0. The molecule has 0 radical (unpaired) electrons. The molecule has 1 nitrogen and oxygen atoms in total. The molecule has 18 heavy (non-hydrogen) atoms. The van der Waals surface area contributed by atoms with E-state index in [0.29, 0.717) is 6.42 Å². The molecule has 0 amide bonds. The van der Waals surface area contributed by atoms with Crippen LogP contribution >= 0.6 is 0 Å². The molecule has 1 heteroatoms.